The van der Waals surface area contributed by atoms with Crippen molar-refractivity contribution in [1.29, 1.82) is 5.41 Å². The SMILES string of the molecule is N=Cc1cccc(OC2CCNCC2)c1N. The summed E-state index contributed by atoms with van der Waals surface area (Å²) in [6.45, 7) is 1.99. The third-order valence-electron chi connectivity index (χ3n) is 2.84. The Morgan fingerprint density at radius 1 is 1.38 bits per heavy atom. The first kappa shape index (κ1) is 11.0. The first-order valence-electron chi connectivity index (χ1n) is 5.57. The summed E-state index contributed by atoms with van der Waals surface area (Å²) in [5.41, 5.74) is 7.20. The van der Waals surface area contributed by atoms with Gasteiger partial charge >= 0.3 is 0 Å². The lowest BCUT2D eigenvalue weighted by molar-refractivity contribution is 0.163. The molecule has 0 amide bonds. The van der Waals surface area contributed by atoms with E-state index in [1.54, 1.807) is 0 Å². The number of hydrogen-bond acceptors (Lipinski definition) is 4. The second kappa shape index (κ2) is 4.99. The molecule has 4 N–H and O–H groups in total. The molecule has 0 unspecified atom stereocenters. The fraction of sp³-hybridized carbons (Fsp3) is 0.417. The van der Waals surface area contributed by atoms with Crippen LogP contribution < -0.4 is 15.8 Å². The van der Waals surface area contributed by atoms with E-state index in [0.717, 1.165) is 25.9 Å². The van der Waals surface area contributed by atoms with Crippen LogP contribution >= 0.6 is 0 Å². The number of nitrogens with one attached hydrogen (secondary N) is 2. The standard InChI is InChI=1S/C12H17N3O/c13-8-9-2-1-3-11(12(9)14)16-10-4-6-15-7-5-10/h1-3,8,10,13,15H,4-7,14H2. The zero-order valence-corrected chi connectivity index (χ0v) is 9.20. The van der Waals surface area contributed by atoms with Crippen LogP contribution in [-0.2, 0) is 0 Å². The molecule has 0 aliphatic carbocycles. The van der Waals surface area contributed by atoms with E-state index in [1.807, 2.05) is 18.2 Å². The molecule has 86 valence electrons. The van der Waals surface area contributed by atoms with E-state index in [-0.39, 0.29) is 6.10 Å². The second-order valence-corrected chi connectivity index (χ2v) is 3.97. The lowest BCUT2D eigenvalue weighted by atomic mass is 10.1. The molecule has 1 fully saturated rings. The van der Waals surface area contributed by atoms with Gasteiger partial charge < -0.3 is 21.2 Å². The maximum absolute atomic E-state index is 7.23. The van der Waals surface area contributed by atoms with E-state index in [4.69, 9.17) is 15.9 Å². The van der Waals surface area contributed by atoms with Gasteiger partial charge in [0, 0.05) is 11.8 Å². The zero-order valence-electron chi connectivity index (χ0n) is 9.20. The molecule has 0 atom stereocenters. The second-order valence-electron chi connectivity index (χ2n) is 3.97. The maximum Gasteiger partial charge on any atom is 0.143 e. The van der Waals surface area contributed by atoms with Crippen molar-refractivity contribution in [2.45, 2.75) is 18.9 Å². The van der Waals surface area contributed by atoms with Crippen LogP contribution in [0.3, 0.4) is 0 Å². The van der Waals surface area contributed by atoms with E-state index in [2.05, 4.69) is 5.32 Å². The molecule has 1 aliphatic heterocycles. The fourth-order valence-corrected chi connectivity index (χ4v) is 1.88. The Morgan fingerprint density at radius 3 is 2.81 bits per heavy atom. The number of piperidine rings is 1. The lowest BCUT2D eigenvalue weighted by Gasteiger charge is -2.24. The number of anilines is 1. The van der Waals surface area contributed by atoms with E-state index in [9.17, 15) is 0 Å². The Morgan fingerprint density at radius 2 is 2.12 bits per heavy atom. The van der Waals surface area contributed by atoms with Gasteiger partial charge in [-0.25, -0.2) is 0 Å². The Balaban J connectivity index is 2.11. The van der Waals surface area contributed by atoms with Gasteiger partial charge in [0.1, 0.15) is 11.9 Å². The molecule has 1 aromatic rings. The summed E-state index contributed by atoms with van der Waals surface area (Å²) >= 11 is 0. The number of nitrogens with two attached hydrogens (primary N) is 1. The molecule has 4 nitrogen and oxygen atoms in total. The van der Waals surface area contributed by atoms with Crippen LogP contribution in [0.1, 0.15) is 18.4 Å². The molecular weight excluding hydrogens is 202 g/mol. The molecule has 16 heavy (non-hydrogen) atoms. The minimum atomic E-state index is 0.240. The number of ether oxygens (including phenoxy) is 1. The van der Waals surface area contributed by atoms with Gasteiger partial charge in [-0.3, -0.25) is 0 Å². The number of para-hydroxylation sites is 1. The molecule has 4 heteroatoms. The molecule has 1 aromatic carbocycles. The Kier molecular flexibility index (Phi) is 3.41. The normalized spacial score (nSPS) is 17.0. The monoisotopic (exact) mass is 219 g/mol. The van der Waals surface area contributed by atoms with Gasteiger partial charge in [0.15, 0.2) is 0 Å². The average Bonchev–Trinajstić information content (AvgIpc) is 2.33. The highest BCUT2D eigenvalue weighted by Gasteiger charge is 2.16. The van der Waals surface area contributed by atoms with Crippen molar-refractivity contribution in [3.05, 3.63) is 23.8 Å². The van der Waals surface area contributed by atoms with Crippen LogP contribution in [0, 0.1) is 5.41 Å². The smallest absolute Gasteiger partial charge is 0.143 e. The zero-order chi connectivity index (χ0) is 11.4. The molecule has 2 rings (SSSR count). The Hall–Kier alpha value is -1.55. The lowest BCUT2D eigenvalue weighted by Crippen LogP contribution is -2.34. The van der Waals surface area contributed by atoms with Crippen molar-refractivity contribution >= 4 is 11.9 Å². The first-order chi connectivity index (χ1) is 7.81. The van der Waals surface area contributed by atoms with Gasteiger partial charge in [-0.05, 0) is 32.0 Å². The van der Waals surface area contributed by atoms with Gasteiger partial charge in [0.2, 0.25) is 0 Å². The van der Waals surface area contributed by atoms with Crippen LogP contribution in [0.15, 0.2) is 18.2 Å². The maximum atomic E-state index is 7.23. The van der Waals surface area contributed by atoms with Crippen LogP contribution in [0.25, 0.3) is 0 Å². The van der Waals surface area contributed by atoms with Crippen molar-refractivity contribution in [2.24, 2.45) is 0 Å². The number of benzene rings is 1. The van der Waals surface area contributed by atoms with E-state index in [1.165, 1.54) is 6.21 Å². The minimum absolute atomic E-state index is 0.240. The molecule has 0 saturated carbocycles. The molecule has 1 heterocycles. The van der Waals surface area contributed by atoms with E-state index >= 15 is 0 Å². The van der Waals surface area contributed by atoms with Crippen molar-refractivity contribution in [2.75, 3.05) is 18.8 Å². The number of nitrogen functional groups attached to an aromatic ring is 1. The van der Waals surface area contributed by atoms with Crippen molar-refractivity contribution in [3.8, 4) is 5.75 Å². The summed E-state index contributed by atoms with van der Waals surface area (Å²) in [6.07, 6.45) is 3.51. The third-order valence-corrected chi connectivity index (χ3v) is 2.84. The summed E-state index contributed by atoms with van der Waals surface area (Å²) in [7, 11) is 0. The number of rotatable bonds is 3. The van der Waals surface area contributed by atoms with Gasteiger partial charge in [0.05, 0.1) is 5.69 Å². The molecule has 1 saturated heterocycles. The van der Waals surface area contributed by atoms with Crippen LogP contribution in [-0.4, -0.2) is 25.4 Å². The Labute approximate surface area is 95.3 Å². The molecule has 0 bridgehead atoms. The van der Waals surface area contributed by atoms with Crippen molar-refractivity contribution < 1.29 is 4.74 Å². The van der Waals surface area contributed by atoms with E-state index < -0.39 is 0 Å². The summed E-state index contributed by atoms with van der Waals surface area (Å²) in [4.78, 5) is 0. The third kappa shape index (κ3) is 2.33. The molecule has 0 spiro atoms. The van der Waals surface area contributed by atoms with Crippen molar-refractivity contribution in [3.63, 3.8) is 0 Å². The van der Waals surface area contributed by atoms with Gasteiger partial charge in [-0.15, -0.1) is 0 Å². The molecular formula is C12H17N3O. The van der Waals surface area contributed by atoms with Crippen LogP contribution in [0.4, 0.5) is 5.69 Å². The van der Waals surface area contributed by atoms with Crippen LogP contribution in [0.2, 0.25) is 0 Å². The molecule has 0 radical (unpaired) electrons. The summed E-state index contributed by atoms with van der Waals surface area (Å²) < 4.78 is 5.86. The van der Waals surface area contributed by atoms with Gasteiger partial charge in [-0.2, -0.15) is 0 Å². The minimum Gasteiger partial charge on any atom is -0.488 e. The highest BCUT2D eigenvalue weighted by Crippen LogP contribution is 2.26. The summed E-state index contributed by atoms with van der Waals surface area (Å²) in [5.74, 6) is 0.702. The first-order valence-corrected chi connectivity index (χ1v) is 5.57. The quantitative estimate of drug-likeness (QED) is 0.531. The van der Waals surface area contributed by atoms with Crippen LogP contribution in [0.5, 0.6) is 5.75 Å². The Bertz CT molecular complexity index is 373. The largest absolute Gasteiger partial charge is 0.488 e. The predicted octanol–water partition coefficient (Wildman–Crippen LogP) is 1.40. The average molecular weight is 219 g/mol. The van der Waals surface area contributed by atoms with E-state index in [0.29, 0.717) is 17.0 Å². The summed E-state index contributed by atoms with van der Waals surface area (Å²) in [5, 5.41) is 10.5. The summed E-state index contributed by atoms with van der Waals surface area (Å²) in [6, 6.07) is 5.55. The van der Waals surface area contributed by atoms with Crippen molar-refractivity contribution in [1.82, 2.24) is 5.32 Å². The fourth-order valence-electron chi connectivity index (χ4n) is 1.88. The predicted molar refractivity (Wildman–Crippen MR) is 65.3 cm³/mol. The van der Waals surface area contributed by atoms with Gasteiger partial charge in [-0.1, -0.05) is 12.1 Å². The van der Waals surface area contributed by atoms with Gasteiger partial charge in [0.25, 0.3) is 0 Å². The highest BCUT2D eigenvalue weighted by molar-refractivity contribution is 5.87. The molecule has 0 aromatic heterocycles. The number of hydrogen-bond donors (Lipinski definition) is 3. The topological polar surface area (TPSA) is 71.1 Å². The highest BCUT2D eigenvalue weighted by atomic mass is 16.5. The molecule has 1 aliphatic rings.